The van der Waals surface area contributed by atoms with Crippen molar-refractivity contribution in [3.05, 3.63) is 35.4 Å². The third-order valence-corrected chi connectivity index (χ3v) is 7.97. The zero-order chi connectivity index (χ0) is 22.3. The van der Waals surface area contributed by atoms with Crippen LogP contribution in [0.5, 0.6) is 0 Å². The van der Waals surface area contributed by atoms with E-state index in [1.54, 1.807) is 0 Å². The average Bonchev–Trinajstić information content (AvgIpc) is 3.30. The van der Waals surface area contributed by atoms with Crippen LogP contribution in [0, 0.1) is 5.92 Å². The third kappa shape index (κ3) is 4.92. The molecule has 7 heteroatoms. The van der Waals surface area contributed by atoms with Gasteiger partial charge in [-0.3, -0.25) is 4.90 Å². The van der Waals surface area contributed by atoms with Crippen molar-refractivity contribution in [2.24, 2.45) is 5.92 Å². The zero-order valence-electron chi connectivity index (χ0n) is 18.3. The maximum Gasteiger partial charge on any atom is 0.416 e. The first kappa shape index (κ1) is 23.0. The monoisotopic (exact) mass is 456 g/mol. The van der Waals surface area contributed by atoms with Crippen molar-refractivity contribution in [2.75, 3.05) is 19.3 Å². The molecule has 1 saturated heterocycles. The van der Waals surface area contributed by atoms with E-state index >= 15 is 0 Å². The first-order valence-corrected chi connectivity index (χ1v) is 12.5. The molecular formula is C24H32F4N2S. The van der Waals surface area contributed by atoms with E-state index in [1.807, 2.05) is 6.26 Å². The highest BCUT2D eigenvalue weighted by atomic mass is 32.2. The highest BCUT2D eigenvalue weighted by Crippen LogP contribution is 2.51. The molecule has 4 rings (SSSR count). The van der Waals surface area contributed by atoms with Crippen molar-refractivity contribution in [3.63, 3.8) is 0 Å². The lowest BCUT2D eigenvalue weighted by Gasteiger charge is -2.39. The largest absolute Gasteiger partial charge is 0.416 e. The highest BCUT2D eigenvalue weighted by molar-refractivity contribution is 7.98. The SMILES string of the molecule is C=C(N[C@@H]1CCCCC1N1CCC(F)C1)c1c(SC)cc(C(F)(F)F)cc1C1CC1C. The van der Waals surface area contributed by atoms with Crippen molar-refractivity contribution in [1.29, 1.82) is 0 Å². The Bertz CT molecular complexity index is 825. The number of hydrogen-bond acceptors (Lipinski definition) is 3. The molecule has 172 valence electrons. The molecule has 1 aromatic carbocycles. The Kier molecular flexibility index (Phi) is 6.64. The molecule has 2 aliphatic carbocycles. The Balaban J connectivity index is 1.62. The van der Waals surface area contributed by atoms with Gasteiger partial charge >= 0.3 is 6.18 Å². The Labute approximate surface area is 186 Å². The summed E-state index contributed by atoms with van der Waals surface area (Å²) in [4.78, 5) is 2.87. The molecule has 0 amide bonds. The van der Waals surface area contributed by atoms with Gasteiger partial charge in [0.1, 0.15) is 6.17 Å². The van der Waals surface area contributed by atoms with Gasteiger partial charge in [0.15, 0.2) is 0 Å². The second-order valence-corrected chi connectivity index (χ2v) is 10.3. The van der Waals surface area contributed by atoms with Gasteiger partial charge in [-0.2, -0.15) is 13.2 Å². The van der Waals surface area contributed by atoms with Crippen molar-refractivity contribution >= 4 is 17.5 Å². The van der Waals surface area contributed by atoms with E-state index in [2.05, 4.69) is 23.7 Å². The zero-order valence-corrected chi connectivity index (χ0v) is 19.1. The van der Waals surface area contributed by atoms with Crippen molar-refractivity contribution in [1.82, 2.24) is 10.2 Å². The maximum absolute atomic E-state index is 13.8. The summed E-state index contributed by atoms with van der Waals surface area (Å²) in [5, 5.41) is 3.59. The fourth-order valence-electron chi connectivity index (χ4n) is 5.39. The lowest BCUT2D eigenvalue weighted by Crippen LogP contribution is -2.50. The summed E-state index contributed by atoms with van der Waals surface area (Å²) >= 11 is 1.34. The van der Waals surface area contributed by atoms with Gasteiger partial charge in [0.25, 0.3) is 0 Å². The van der Waals surface area contributed by atoms with Crippen LogP contribution >= 0.6 is 11.8 Å². The van der Waals surface area contributed by atoms with Crippen LogP contribution in [-0.2, 0) is 6.18 Å². The predicted molar refractivity (Wildman–Crippen MR) is 119 cm³/mol. The summed E-state index contributed by atoms with van der Waals surface area (Å²) in [6.07, 6.45) is 2.42. The van der Waals surface area contributed by atoms with Gasteiger partial charge in [0.05, 0.1) is 5.56 Å². The highest BCUT2D eigenvalue weighted by Gasteiger charge is 2.41. The van der Waals surface area contributed by atoms with Crippen LogP contribution in [0.4, 0.5) is 17.6 Å². The summed E-state index contributed by atoms with van der Waals surface area (Å²) in [6.45, 7) is 7.64. The van der Waals surface area contributed by atoms with E-state index in [9.17, 15) is 17.6 Å². The quantitative estimate of drug-likeness (QED) is 0.390. The molecule has 0 bridgehead atoms. The van der Waals surface area contributed by atoms with Crippen LogP contribution in [0.2, 0.25) is 0 Å². The molecule has 1 aromatic rings. The topological polar surface area (TPSA) is 15.3 Å². The second-order valence-electron chi connectivity index (χ2n) is 9.42. The minimum atomic E-state index is -4.36. The molecule has 2 nitrogen and oxygen atoms in total. The number of rotatable bonds is 6. The summed E-state index contributed by atoms with van der Waals surface area (Å²) in [5.74, 6) is 0.535. The second kappa shape index (κ2) is 8.97. The standard InChI is InChI=1S/C24H32F4N2S/c1-14-10-18(14)19-11-16(24(26,27)28)12-22(31-3)23(19)15(2)29-20-6-4-5-7-21(20)30-9-8-17(25)13-30/h11-12,14,17-18,20-21,29H,2,4-10,13H2,1,3H3/t14?,17?,18?,20-,21?/m1/s1. The van der Waals surface area contributed by atoms with Crippen LogP contribution in [0.1, 0.15) is 68.1 Å². The number of likely N-dealkylation sites (tertiary alicyclic amines) is 1. The predicted octanol–water partition coefficient (Wildman–Crippen LogP) is 6.47. The van der Waals surface area contributed by atoms with Gasteiger partial charge < -0.3 is 5.32 Å². The Morgan fingerprint density at radius 1 is 1.19 bits per heavy atom. The van der Waals surface area contributed by atoms with Crippen LogP contribution in [0.3, 0.4) is 0 Å². The average molecular weight is 457 g/mol. The molecule has 0 radical (unpaired) electrons. The van der Waals surface area contributed by atoms with Crippen LogP contribution in [0.15, 0.2) is 23.6 Å². The summed E-state index contributed by atoms with van der Waals surface area (Å²) in [6, 6.07) is 2.99. The van der Waals surface area contributed by atoms with Crippen LogP contribution < -0.4 is 5.32 Å². The minimum Gasteiger partial charge on any atom is -0.381 e. The van der Waals surface area contributed by atoms with Gasteiger partial charge in [-0.25, -0.2) is 4.39 Å². The number of alkyl halides is 4. The summed E-state index contributed by atoms with van der Waals surface area (Å²) < 4.78 is 54.5. The fourth-order valence-corrected chi connectivity index (χ4v) is 6.08. The Morgan fingerprint density at radius 2 is 1.90 bits per heavy atom. The van der Waals surface area contributed by atoms with Crippen molar-refractivity contribution in [3.8, 4) is 0 Å². The van der Waals surface area contributed by atoms with Crippen LogP contribution in [0.25, 0.3) is 5.70 Å². The van der Waals surface area contributed by atoms with Gasteiger partial charge in [0.2, 0.25) is 0 Å². The molecule has 4 unspecified atom stereocenters. The molecule has 0 aromatic heterocycles. The molecule has 3 fully saturated rings. The maximum atomic E-state index is 13.8. The van der Waals surface area contributed by atoms with Gasteiger partial charge in [-0.1, -0.05) is 26.3 Å². The molecule has 5 atom stereocenters. The molecule has 2 saturated carbocycles. The number of nitrogens with zero attached hydrogens (tertiary/aromatic N) is 1. The number of halogens is 4. The number of benzene rings is 1. The number of nitrogens with one attached hydrogen (secondary N) is 1. The number of hydrogen-bond donors (Lipinski definition) is 1. The summed E-state index contributed by atoms with van der Waals surface area (Å²) in [5.41, 5.74) is 1.73. The molecule has 1 heterocycles. The van der Waals surface area contributed by atoms with E-state index in [0.717, 1.165) is 49.8 Å². The van der Waals surface area contributed by atoms with Gasteiger partial charge in [0, 0.05) is 41.3 Å². The van der Waals surface area contributed by atoms with E-state index < -0.39 is 17.9 Å². The fraction of sp³-hybridized carbons (Fsp3) is 0.667. The molecule has 1 aliphatic heterocycles. The van der Waals surface area contributed by atoms with Gasteiger partial charge in [-0.15, -0.1) is 11.8 Å². The number of thioether (sulfide) groups is 1. The summed E-state index contributed by atoms with van der Waals surface area (Å²) in [7, 11) is 0. The van der Waals surface area contributed by atoms with E-state index in [4.69, 9.17) is 0 Å². The van der Waals surface area contributed by atoms with Crippen molar-refractivity contribution in [2.45, 2.75) is 80.7 Å². The third-order valence-electron chi connectivity index (χ3n) is 7.21. The smallest absolute Gasteiger partial charge is 0.381 e. The molecule has 0 spiro atoms. The molecule has 31 heavy (non-hydrogen) atoms. The van der Waals surface area contributed by atoms with Crippen LogP contribution in [-0.4, -0.2) is 42.5 Å². The Morgan fingerprint density at radius 3 is 2.48 bits per heavy atom. The minimum absolute atomic E-state index is 0.146. The molecule has 3 aliphatic rings. The normalized spacial score (nSPS) is 31.6. The van der Waals surface area contributed by atoms with E-state index in [-0.39, 0.29) is 18.0 Å². The first-order valence-electron chi connectivity index (χ1n) is 11.3. The first-order chi connectivity index (χ1) is 14.7. The van der Waals surface area contributed by atoms with Gasteiger partial charge in [-0.05, 0) is 61.5 Å². The Hall–Kier alpha value is -1.21. The lowest BCUT2D eigenvalue weighted by molar-refractivity contribution is -0.137. The van der Waals surface area contributed by atoms with E-state index in [0.29, 0.717) is 29.5 Å². The van der Waals surface area contributed by atoms with Crippen molar-refractivity contribution < 1.29 is 17.6 Å². The molecular weight excluding hydrogens is 424 g/mol. The van der Waals surface area contributed by atoms with E-state index in [1.165, 1.54) is 23.9 Å². The molecule has 1 N–H and O–H groups in total. The lowest BCUT2D eigenvalue weighted by atomic mass is 9.88.